The molecule has 0 spiro atoms. The van der Waals surface area contributed by atoms with Crippen LogP contribution in [0.15, 0.2) is 18.2 Å². The van der Waals surface area contributed by atoms with Gasteiger partial charge >= 0.3 is 5.97 Å². The highest BCUT2D eigenvalue weighted by Crippen LogP contribution is 2.14. The molecule has 108 valence electrons. The van der Waals surface area contributed by atoms with Crippen LogP contribution in [0.4, 0.5) is 0 Å². The fraction of sp³-hybridized carbons (Fsp3) is 0.385. The highest BCUT2D eigenvalue weighted by molar-refractivity contribution is 7.92. The number of hydrogen-bond acceptors (Lipinski definition) is 4. The first kappa shape index (κ1) is 14.5. The Kier molecular flexibility index (Phi) is 4.08. The van der Waals surface area contributed by atoms with E-state index in [1.165, 1.54) is 5.56 Å². The molecule has 1 aromatic carbocycles. The van der Waals surface area contributed by atoms with Gasteiger partial charge in [-0.3, -0.25) is 4.79 Å². The number of aromatic nitrogens is 2. The van der Waals surface area contributed by atoms with Gasteiger partial charge in [0.1, 0.15) is 11.6 Å². The maximum absolute atomic E-state index is 11.5. The SMILES string of the molecule is CCc1ccc2nc(CCS(=O)(=O)CC(=O)O)[nH]c2c1. The minimum Gasteiger partial charge on any atom is -0.480 e. The van der Waals surface area contributed by atoms with E-state index in [1.807, 2.05) is 18.2 Å². The predicted molar refractivity (Wildman–Crippen MR) is 75.5 cm³/mol. The van der Waals surface area contributed by atoms with Crippen LogP contribution in [0, 0.1) is 0 Å². The number of H-pyrrole nitrogens is 1. The second kappa shape index (κ2) is 5.62. The molecular formula is C13H16N2O4S. The first-order chi connectivity index (χ1) is 9.39. The Labute approximate surface area is 116 Å². The number of imidazole rings is 1. The zero-order chi connectivity index (χ0) is 14.8. The molecule has 0 aliphatic rings. The second-order valence-electron chi connectivity index (χ2n) is 4.62. The Morgan fingerprint density at radius 2 is 2.15 bits per heavy atom. The molecule has 7 heteroatoms. The maximum Gasteiger partial charge on any atom is 0.318 e. The molecule has 0 bridgehead atoms. The van der Waals surface area contributed by atoms with Crippen molar-refractivity contribution in [3.63, 3.8) is 0 Å². The summed E-state index contributed by atoms with van der Waals surface area (Å²) >= 11 is 0. The Balaban J connectivity index is 2.12. The number of aliphatic carboxylic acids is 1. The summed E-state index contributed by atoms with van der Waals surface area (Å²) in [4.78, 5) is 17.8. The van der Waals surface area contributed by atoms with Gasteiger partial charge in [0.25, 0.3) is 0 Å². The first-order valence-electron chi connectivity index (χ1n) is 6.29. The van der Waals surface area contributed by atoms with E-state index in [1.54, 1.807) is 0 Å². The number of rotatable bonds is 6. The number of sulfone groups is 1. The molecule has 2 N–H and O–H groups in total. The van der Waals surface area contributed by atoms with Gasteiger partial charge in [-0.05, 0) is 24.1 Å². The lowest BCUT2D eigenvalue weighted by molar-refractivity contribution is -0.134. The van der Waals surface area contributed by atoms with Gasteiger partial charge in [-0.2, -0.15) is 0 Å². The number of fused-ring (bicyclic) bond motifs is 1. The number of hydrogen-bond donors (Lipinski definition) is 2. The number of aryl methyl sites for hydroxylation is 2. The summed E-state index contributed by atoms with van der Waals surface area (Å²) in [5, 5.41) is 8.52. The van der Waals surface area contributed by atoms with Crippen molar-refractivity contribution >= 4 is 26.8 Å². The molecule has 20 heavy (non-hydrogen) atoms. The van der Waals surface area contributed by atoms with Gasteiger partial charge in [0.05, 0.1) is 16.8 Å². The molecule has 0 saturated carbocycles. The monoisotopic (exact) mass is 296 g/mol. The molecule has 0 unspecified atom stereocenters. The summed E-state index contributed by atoms with van der Waals surface area (Å²) in [6.07, 6.45) is 1.10. The topological polar surface area (TPSA) is 100 Å². The summed E-state index contributed by atoms with van der Waals surface area (Å²) in [5.74, 6) is -1.84. The lowest BCUT2D eigenvalue weighted by Gasteiger charge is -1.98. The predicted octanol–water partition coefficient (Wildman–Crippen LogP) is 1.17. The van der Waals surface area contributed by atoms with Crippen LogP contribution in [0.5, 0.6) is 0 Å². The number of carboxylic acids is 1. The van der Waals surface area contributed by atoms with E-state index in [-0.39, 0.29) is 12.2 Å². The third-order valence-corrected chi connectivity index (χ3v) is 4.51. The highest BCUT2D eigenvalue weighted by Gasteiger charge is 2.16. The van der Waals surface area contributed by atoms with E-state index >= 15 is 0 Å². The first-order valence-corrected chi connectivity index (χ1v) is 8.11. The van der Waals surface area contributed by atoms with Crippen molar-refractivity contribution in [1.82, 2.24) is 9.97 Å². The van der Waals surface area contributed by atoms with Crippen LogP contribution in [0.1, 0.15) is 18.3 Å². The number of carboxylic acid groups (broad SMARTS) is 1. The third-order valence-electron chi connectivity index (χ3n) is 3.00. The Bertz CT molecular complexity index is 734. The van der Waals surface area contributed by atoms with Crippen molar-refractivity contribution in [3.05, 3.63) is 29.6 Å². The van der Waals surface area contributed by atoms with E-state index in [0.717, 1.165) is 17.5 Å². The average Bonchev–Trinajstić information content (AvgIpc) is 2.76. The number of carbonyl (C=O) groups is 1. The van der Waals surface area contributed by atoms with Crippen molar-refractivity contribution in [2.45, 2.75) is 19.8 Å². The Morgan fingerprint density at radius 1 is 1.40 bits per heavy atom. The molecule has 0 aliphatic heterocycles. The number of aromatic amines is 1. The quantitative estimate of drug-likeness (QED) is 0.833. The lowest BCUT2D eigenvalue weighted by Crippen LogP contribution is -2.19. The van der Waals surface area contributed by atoms with Crippen LogP contribution in [0.25, 0.3) is 11.0 Å². The molecule has 1 aromatic heterocycles. The van der Waals surface area contributed by atoms with Crippen LogP contribution >= 0.6 is 0 Å². The van der Waals surface area contributed by atoms with E-state index < -0.39 is 21.6 Å². The summed E-state index contributed by atoms with van der Waals surface area (Å²) in [7, 11) is -3.59. The van der Waals surface area contributed by atoms with E-state index in [9.17, 15) is 13.2 Å². The van der Waals surface area contributed by atoms with Crippen LogP contribution in [-0.2, 0) is 27.5 Å². The minimum atomic E-state index is -3.59. The van der Waals surface area contributed by atoms with Gasteiger partial charge in [-0.25, -0.2) is 13.4 Å². The summed E-state index contributed by atoms with van der Waals surface area (Å²) in [5.41, 5.74) is 2.83. The summed E-state index contributed by atoms with van der Waals surface area (Å²) in [6.45, 7) is 2.05. The van der Waals surface area contributed by atoms with Crippen molar-refractivity contribution in [2.75, 3.05) is 11.5 Å². The normalized spacial score (nSPS) is 11.8. The van der Waals surface area contributed by atoms with Crippen molar-refractivity contribution in [2.24, 2.45) is 0 Å². The molecule has 6 nitrogen and oxygen atoms in total. The van der Waals surface area contributed by atoms with Crippen LogP contribution in [-0.4, -0.2) is 41.0 Å². The Morgan fingerprint density at radius 3 is 2.80 bits per heavy atom. The molecular weight excluding hydrogens is 280 g/mol. The van der Waals surface area contributed by atoms with Gasteiger partial charge < -0.3 is 10.1 Å². The second-order valence-corrected chi connectivity index (χ2v) is 6.81. The molecule has 0 aliphatic carbocycles. The summed E-state index contributed by atoms with van der Waals surface area (Å²) in [6, 6.07) is 5.85. The molecule has 1 heterocycles. The third kappa shape index (κ3) is 3.57. The standard InChI is InChI=1S/C13H16N2O4S/c1-2-9-3-4-10-11(7-9)15-12(14-10)5-6-20(18,19)8-13(16)17/h3-4,7H,2,5-6,8H2,1H3,(H,14,15)(H,16,17). The molecule has 0 atom stereocenters. The van der Waals surface area contributed by atoms with Crippen LogP contribution in [0.3, 0.4) is 0 Å². The van der Waals surface area contributed by atoms with Crippen LogP contribution in [0.2, 0.25) is 0 Å². The van der Waals surface area contributed by atoms with Gasteiger partial charge in [-0.1, -0.05) is 13.0 Å². The van der Waals surface area contributed by atoms with Gasteiger partial charge in [-0.15, -0.1) is 0 Å². The molecule has 2 rings (SSSR count). The zero-order valence-electron chi connectivity index (χ0n) is 11.1. The van der Waals surface area contributed by atoms with Crippen LogP contribution < -0.4 is 0 Å². The number of benzene rings is 1. The fourth-order valence-corrected chi connectivity index (χ4v) is 2.99. The van der Waals surface area contributed by atoms with Gasteiger partial charge in [0.15, 0.2) is 9.84 Å². The fourth-order valence-electron chi connectivity index (χ4n) is 1.96. The zero-order valence-corrected chi connectivity index (χ0v) is 11.9. The van der Waals surface area contributed by atoms with E-state index in [0.29, 0.717) is 5.82 Å². The number of nitrogens with zero attached hydrogens (tertiary/aromatic N) is 1. The molecule has 0 radical (unpaired) electrons. The lowest BCUT2D eigenvalue weighted by atomic mass is 10.1. The van der Waals surface area contributed by atoms with E-state index in [2.05, 4.69) is 16.9 Å². The smallest absolute Gasteiger partial charge is 0.318 e. The van der Waals surface area contributed by atoms with Crippen molar-refractivity contribution in [1.29, 1.82) is 0 Å². The summed E-state index contributed by atoms with van der Waals surface area (Å²) < 4.78 is 23.0. The maximum atomic E-state index is 11.5. The molecule has 0 amide bonds. The molecule has 0 fully saturated rings. The average molecular weight is 296 g/mol. The number of nitrogens with one attached hydrogen (secondary N) is 1. The highest BCUT2D eigenvalue weighted by atomic mass is 32.2. The molecule has 2 aromatic rings. The van der Waals surface area contributed by atoms with E-state index in [4.69, 9.17) is 5.11 Å². The minimum absolute atomic E-state index is 0.186. The van der Waals surface area contributed by atoms with Crippen molar-refractivity contribution in [3.8, 4) is 0 Å². The van der Waals surface area contributed by atoms with Crippen molar-refractivity contribution < 1.29 is 18.3 Å². The molecule has 0 saturated heterocycles. The van der Waals surface area contributed by atoms with Gasteiger partial charge in [0, 0.05) is 6.42 Å². The largest absolute Gasteiger partial charge is 0.480 e. The van der Waals surface area contributed by atoms with Gasteiger partial charge in [0.2, 0.25) is 0 Å². The Hall–Kier alpha value is -1.89.